The van der Waals surface area contributed by atoms with E-state index in [0.29, 0.717) is 12.3 Å². The Bertz CT molecular complexity index is 329. The number of carboxylic acids is 1. The van der Waals surface area contributed by atoms with E-state index in [1.165, 1.54) is 25.7 Å². The minimum Gasteiger partial charge on any atom is -0.481 e. The zero-order valence-electron chi connectivity index (χ0n) is 12.3. The van der Waals surface area contributed by atoms with Crippen LogP contribution in [0.1, 0.15) is 64.2 Å². The third-order valence-electron chi connectivity index (χ3n) is 5.04. The number of carbonyl (C=O) groups excluding carboxylic acids is 1. The van der Waals surface area contributed by atoms with E-state index < -0.39 is 5.97 Å². The molecule has 2 N–H and O–H groups in total. The van der Waals surface area contributed by atoms with Gasteiger partial charge in [0.1, 0.15) is 0 Å². The maximum atomic E-state index is 11.8. The van der Waals surface area contributed by atoms with Crippen LogP contribution in [0, 0.1) is 17.8 Å². The van der Waals surface area contributed by atoms with Crippen molar-refractivity contribution < 1.29 is 14.7 Å². The zero-order valence-corrected chi connectivity index (χ0v) is 12.3. The molecule has 0 aromatic carbocycles. The highest BCUT2D eigenvalue weighted by atomic mass is 16.4. The standard InChI is InChI=1S/C16H27NO3/c18-15(10-7-12-3-1-2-4-12)17-11-13-5-8-14(9-6-13)16(19)20/h12-14H,1-11H2,(H,17,18)(H,19,20). The first-order chi connectivity index (χ1) is 9.65. The number of hydrogen-bond acceptors (Lipinski definition) is 2. The van der Waals surface area contributed by atoms with Gasteiger partial charge in [0, 0.05) is 13.0 Å². The van der Waals surface area contributed by atoms with Crippen LogP contribution in [0.2, 0.25) is 0 Å². The molecule has 0 aliphatic heterocycles. The van der Waals surface area contributed by atoms with Crippen molar-refractivity contribution in [1.29, 1.82) is 0 Å². The predicted octanol–water partition coefficient (Wildman–Crippen LogP) is 2.96. The lowest BCUT2D eigenvalue weighted by Crippen LogP contribution is -2.32. The number of rotatable bonds is 6. The third kappa shape index (κ3) is 4.80. The van der Waals surface area contributed by atoms with Gasteiger partial charge in [-0.3, -0.25) is 9.59 Å². The van der Waals surface area contributed by atoms with Crippen molar-refractivity contribution in [2.24, 2.45) is 17.8 Å². The van der Waals surface area contributed by atoms with Crippen molar-refractivity contribution in [2.75, 3.05) is 6.54 Å². The Balaban J connectivity index is 1.56. The molecular formula is C16H27NO3. The lowest BCUT2D eigenvalue weighted by molar-refractivity contribution is -0.143. The van der Waals surface area contributed by atoms with Crippen LogP contribution in [0.15, 0.2) is 0 Å². The molecule has 0 aromatic rings. The Morgan fingerprint density at radius 2 is 1.60 bits per heavy atom. The highest BCUT2D eigenvalue weighted by Gasteiger charge is 2.26. The number of aliphatic carboxylic acids is 1. The van der Waals surface area contributed by atoms with Crippen LogP contribution in [0.3, 0.4) is 0 Å². The summed E-state index contributed by atoms with van der Waals surface area (Å²) in [6.45, 7) is 0.732. The van der Waals surface area contributed by atoms with Gasteiger partial charge in [0.2, 0.25) is 5.91 Å². The number of carboxylic acid groups (broad SMARTS) is 1. The monoisotopic (exact) mass is 281 g/mol. The molecule has 0 aromatic heterocycles. The van der Waals surface area contributed by atoms with E-state index in [9.17, 15) is 9.59 Å². The van der Waals surface area contributed by atoms with Crippen LogP contribution >= 0.6 is 0 Å². The number of carbonyl (C=O) groups is 2. The van der Waals surface area contributed by atoms with E-state index >= 15 is 0 Å². The maximum Gasteiger partial charge on any atom is 0.306 e. The first-order valence-corrected chi connectivity index (χ1v) is 8.14. The minimum absolute atomic E-state index is 0.163. The summed E-state index contributed by atoms with van der Waals surface area (Å²) in [5.41, 5.74) is 0. The molecule has 0 unspecified atom stereocenters. The minimum atomic E-state index is -0.663. The second kappa shape index (κ2) is 7.65. The van der Waals surface area contributed by atoms with Gasteiger partial charge in [0.15, 0.2) is 0 Å². The highest BCUT2D eigenvalue weighted by molar-refractivity contribution is 5.75. The first-order valence-electron chi connectivity index (χ1n) is 8.14. The molecule has 2 rings (SSSR count). The predicted molar refractivity (Wildman–Crippen MR) is 77.3 cm³/mol. The van der Waals surface area contributed by atoms with Crippen molar-refractivity contribution in [3.8, 4) is 0 Å². The normalized spacial score (nSPS) is 27.4. The number of nitrogens with one attached hydrogen (secondary N) is 1. The smallest absolute Gasteiger partial charge is 0.306 e. The van der Waals surface area contributed by atoms with E-state index in [-0.39, 0.29) is 11.8 Å². The van der Waals surface area contributed by atoms with Crippen LogP contribution in [0.4, 0.5) is 0 Å². The van der Waals surface area contributed by atoms with Crippen molar-refractivity contribution in [1.82, 2.24) is 5.32 Å². The van der Waals surface area contributed by atoms with E-state index in [1.807, 2.05) is 0 Å². The van der Waals surface area contributed by atoms with Crippen molar-refractivity contribution in [3.63, 3.8) is 0 Å². The fraction of sp³-hybridized carbons (Fsp3) is 0.875. The molecule has 0 saturated heterocycles. The average molecular weight is 281 g/mol. The quantitative estimate of drug-likeness (QED) is 0.786. The lowest BCUT2D eigenvalue weighted by atomic mass is 9.82. The van der Waals surface area contributed by atoms with Crippen LogP contribution < -0.4 is 5.32 Å². The maximum absolute atomic E-state index is 11.8. The summed E-state index contributed by atoms with van der Waals surface area (Å²) >= 11 is 0. The van der Waals surface area contributed by atoms with Gasteiger partial charge >= 0.3 is 5.97 Å². The topological polar surface area (TPSA) is 66.4 Å². The Morgan fingerprint density at radius 3 is 2.20 bits per heavy atom. The van der Waals surface area contributed by atoms with Gasteiger partial charge in [-0.1, -0.05) is 25.7 Å². The summed E-state index contributed by atoms with van der Waals surface area (Å²) in [6.07, 6.45) is 10.3. The summed E-state index contributed by atoms with van der Waals surface area (Å²) in [5.74, 6) is 0.596. The molecule has 4 heteroatoms. The van der Waals surface area contributed by atoms with E-state index in [4.69, 9.17) is 5.11 Å². The summed E-state index contributed by atoms with van der Waals surface area (Å²) in [5, 5.41) is 12.0. The van der Waals surface area contributed by atoms with Crippen LogP contribution in [0.25, 0.3) is 0 Å². The largest absolute Gasteiger partial charge is 0.481 e. The number of amides is 1. The number of hydrogen-bond donors (Lipinski definition) is 2. The van der Waals surface area contributed by atoms with Crippen molar-refractivity contribution in [2.45, 2.75) is 64.2 Å². The molecule has 1 amide bonds. The summed E-state index contributed by atoms with van der Waals surface area (Å²) < 4.78 is 0. The van der Waals surface area contributed by atoms with Gasteiger partial charge in [-0.15, -0.1) is 0 Å². The van der Waals surface area contributed by atoms with E-state index in [2.05, 4.69) is 5.32 Å². The zero-order chi connectivity index (χ0) is 14.4. The molecule has 2 saturated carbocycles. The van der Waals surface area contributed by atoms with Gasteiger partial charge in [0.05, 0.1) is 5.92 Å². The van der Waals surface area contributed by atoms with E-state index in [1.54, 1.807) is 0 Å². The average Bonchev–Trinajstić information content (AvgIpc) is 2.96. The van der Waals surface area contributed by atoms with Crippen molar-refractivity contribution >= 4 is 11.9 Å². The molecule has 4 nitrogen and oxygen atoms in total. The van der Waals surface area contributed by atoms with Crippen LogP contribution in [0.5, 0.6) is 0 Å². The molecule has 0 radical (unpaired) electrons. The fourth-order valence-corrected chi connectivity index (χ4v) is 3.59. The van der Waals surface area contributed by atoms with Crippen LogP contribution in [-0.2, 0) is 9.59 Å². The molecule has 0 heterocycles. The van der Waals surface area contributed by atoms with Crippen molar-refractivity contribution in [3.05, 3.63) is 0 Å². The second-order valence-electron chi connectivity index (χ2n) is 6.55. The highest BCUT2D eigenvalue weighted by Crippen LogP contribution is 2.29. The lowest BCUT2D eigenvalue weighted by Gasteiger charge is -2.26. The molecule has 2 fully saturated rings. The first kappa shape index (κ1) is 15.3. The summed E-state index contributed by atoms with van der Waals surface area (Å²) in [6, 6.07) is 0. The SMILES string of the molecule is O=C(CCC1CCCC1)NCC1CCC(C(=O)O)CC1. The fourth-order valence-electron chi connectivity index (χ4n) is 3.59. The second-order valence-corrected chi connectivity index (χ2v) is 6.55. The molecule has 0 spiro atoms. The Kier molecular flexibility index (Phi) is 5.86. The summed E-state index contributed by atoms with van der Waals surface area (Å²) in [7, 11) is 0. The van der Waals surface area contributed by atoms with Gasteiger partial charge in [-0.25, -0.2) is 0 Å². The Labute approximate surface area is 121 Å². The molecular weight excluding hydrogens is 254 g/mol. The Hall–Kier alpha value is -1.06. The molecule has 20 heavy (non-hydrogen) atoms. The molecule has 2 aliphatic rings. The molecule has 2 aliphatic carbocycles. The van der Waals surface area contributed by atoms with Crippen LogP contribution in [-0.4, -0.2) is 23.5 Å². The molecule has 0 bridgehead atoms. The van der Waals surface area contributed by atoms with Gasteiger partial charge in [-0.05, 0) is 43.9 Å². The molecule has 114 valence electrons. The van der Waals surface area contributed by atoms with E-state index in [0.717, 1.165) is 44.6 Å². The summed E-state index contributed by atoms with van der Waals surface area (Å²) in [4.78, 5) is 22.7. The van der Waals surface area contributed by atoms with Gasteiger partial charge in [0.25, 0.3) is 0 Å². The third-order valence-corrected chi connectivity index (χ3v) is 5.04. The van der Waals surface area contributed by atoms with Gasteiger partial charge < -0.3 is 10.4 Å². The Morgan fingerprint density at radius 1 is 0.950 bits per heavy atom. The van der Waals surface area contributed by atoms with Gasteiger partial charge in [-0.2, -0.15) is 0 Å². The molecule has 0 atom stereocenters.